The summed E-state index contributed by atoms with van der Waals surface area (Å²) >= 11 is 0. The number of nitrogens with zero attached hydrogens (tertiary/aromatic N) is 3. The van der Waals surface area contributed by atoms with Gasteiger partial charge in [0.2, 0.25) is 0 Å². The lowest BCUT2D eigenvalue weighted by atomic mass is 10.1. The van der Waals surface area contributed by atoms with E-state index in [0.29, 0.717) is 0 Å². The van der Waals surface area contributed by atoms with Crippen LogP contribution >= 0.6 is 0 Å². The smallest absolute Gasteiger partial charge is 0.106 e. The van der Waals surface area contributed by atoms with Gasteiger partial charge < -0.3 is 9.73 Å². The van der Waals surface area contributed by atoms with Gasteiger partial charge in [0.1, 0.15) is 11.5 Å². The van der Waals surface area contributed by atoms with Gasteiger partial charge in [-0.25, -0.2) is 4.68 Å². The van der Waals surface area contributed by atoms with Crippen molar-refractivity contribution in [2.45, 2.75) is 26.8 Å². The normalized spacial score (nSPS) is 12.3. The van der Waals surface area contributed by atoms with Crippen molar-refractivity contribution < 1.29 is 4.42 Å². The summed E-state index contributed by atoms with van der Waals surface area (Å²) in [5.41, 5.74) is 3.15. The summed E-state index contributed by atoms with van der Waals surface area (Å²) in [5, 5.41) is 11.4. The quantitative estimate of drug-likeness (QED) is 0.793. The Morgan fingerprint density at radius 2 is 2.05 bits per heavy atom. The zero-order chi connectivity index (χ0) is 14.8. The standard InChI is InChI=1S/C16H18N4O/c1-11-10-14(13(3)21-11)12(2)18-15-6-4-5-7-16(15)20-9-8-17-19-20/h4-10,12,18H,1-3H3. The second-order valence-electron chi connectivity index (χ2n) is 5.10. The lowest BCUT2D eigenvalue weighted by Crippen LogP contribution is -2.10. The highest BCUT2D eigenvalue weighted by Crippen LogP contribution is 2.27. The van der Waals surface area contributed by atoms with Gasteiger partial charge in [-0.3, -0.25) is 0 Å². The van der Waals surface area contributed by atoms with Gasteiger partial charge in [-0.15, -0.1) is 5.10 Å². The highest BCUT2D eigenvalue weighted by Gasteiger charge is 2.14. The first kappa shape index (κ1) is 13.4. The number of hydrogen-bond acceptors (Lipinski definition) is 4. The zero-order valence-electron chi connectivity index (χ0n) is 12.4. The highest BCUT2D eigenvalue weighted by molar-refractivity contribution is 5.61. The molecule has 0 radical (unpaired) electrons. The minimum Gasteiger partial charge on any atom is -0.466 e. The largest absolute Gasteiger partial charge is 0.466 e. The van der Waals surface area contributed by atoms with Crippen LogP contribution in [-0.2, 0) is 0 Å². The van der Waals surface area contributed by atoms with Crippen LogP contribution in [0.4, 0.5) is 5.69 Å². The molecule has 0 spiro atoms. The van der Waals surface area contributed by atoms with E-state index in [1.54, 1.807) is 10.9 Å². The Balaban J connectivity index is 1.90. The number of aryl methyl sites for hydroxylation is 2. The molecule has 0 saturated heterocycles. The van der Waals surface area contributed by atoms with E-state index in [0.717, 1.165) is 22.9 Å². The first-order valence-electron chi connectivity index (χ1n) is 6.94. The van der Waals surface area contributed by atoms with Gasteiger partial charge in [-0.2, -0.15) is 0 Å². The van der Waals surface area contributed by atoms with E-state index in [-0.39, 0.29) is 6.04 Å². The third kappa shape index (κ3) is 2.67. The molecule has 108 valence electrons. The summed E-state index contributed by atoms with van der Waals surface area (Å²) in [7, 11) is 0. The monoisotopic (exact) mass is 282 g/mol. The molecule has 3 rings (SSSR count). The van der Waals surface area contributed by atoms with E-state index >= 15 is 0 Å². The van der Waals surface area contributed by atoms with Gasteiger partial charge in [0.05, 0.1) is 29.8 Å². The van der Waals surface area contributed by atoms with Crippen LogP contribution in [0.25, 0.3) is 5.69 Å². The Kier molecular flexibility index (Phi) is 3.48. The highest BCUT2D eigenvalue weighted by atomic mass is 16.3. The van der Waals surface area contributed by atoms with Gasteiger partial charge in [0.15, 0.2) is 0 Å². The Morgan fingerprint density at radius 3 is 2.71 bits per heavy atom. The van der Waals surface area contributed by atoms with Crippen LogP contribution in [0.5, 0.6) is 0 Å². The first-order chi connectivity index (χ1) is 10.1. The van der Waals surface area contributed by atoms with Crippen LogP contribution in [0.3, 0.4) is 0 Å². The maximum absolute atomic E-state index is 5.61. The number of furan rings is 1. The Bertz CT molecular complexity index is 731. The lowest BCUT2D eigenvalue weighted by molar-refractivity contribution is 0.500. The van der Waals surface area contributed by atoms with Crippen LogP contribution in [0.15, 0.2) is 47.1 Å². The van der Waals surface area contributed by atoms with Crippen LogP contribution in [0.2, 0.25) is 0 Å². The molecule has 5 nitrogen and oxygen atoms in total. The maximum Gasteiger partial charge on any atom is 0.106 e. The molecule has 0 saturated carbocycles. The number of nitrogens with one attached hydrogen (secondary N) is 1. The first-order valence-corrected chi connectivity index (χ1v) is 6.94. The van der Waals surface area contributed by atoms with Crippen molar-refractivity contribution in [3.63, 3.8) is 0 Å². The number of para-hydroxylation sites is 2. The molecule has 1 unspecified atom stereocenters. The van der Waals surface area contributed by atoms with Crippen molar-refractivity contribution >= 4 is 5.69 Å². The van der Waals surface area contributed by atoms with Crippen LogP contribution in [0, 0.1) is 13.8 Å². The second-order valence-corrected chi connectivity index (χ2v) is 5.10. The second kappa shape index (κ2) is 5.44. The van der Waals surface area contributed by atoms with Crippen LogP contribution < -0.4 is 5.32 Å². The Labute approximate surface area is 123 Å². The molecule has 0 aliphatic carbocycles. The van der Waals surface area contributed by atoms with Crippen LogP contribution in [-0.4, -0.2) is 15.0 Å². The van der Waals surface area contributed by atoms with Gasteiger partial charge >= 0.3 is 0 Å². The van der Waals surface area contributed by atoms with E-state index in [4.69, 9.17) is 4.42 Å². The summed E-state index contributed by atoms with van der Waals surface area (Å²) in [5.74, 6) is 1.88. The summed E-state index contributed by atoms with van der Waals surface area (Å²) in [6.07, 6.45) is 3.50. The molecule has 5 heteroatoms. The molecule has 21 heavy (non-hydrogen) atoms. The predicted molar refractivity (Wildman–Crippen MR) is 81.6 cm³/mol. The summed E-state index contributed by atoms with van der Waals surface area (Å²) in [4.78, 5) is 0. The molecule has 0 bridgehead atoms. The van der Waals surface area contributed by atoms with E-state index in [9.17, 15) is 0 Å². The summed E-state index contributed by atoms with van der Waals surface area (Å²) in [6.45, 7) is 6.08. The number of aromatic nitrogens is 3. The third-order valence-corrected chi connectivity index (χ3v) is 3.49. The number of hydrogen-bond donors (Lipinski definition) is 1. The van der Waals surface area contributed by atoms with E-state index in [2.05, 4.69) is 28.6 Å². The van der Waals surface area contributed by atoms with Crippen molar-refractivity contribution in [2.24, 2.45) is 0 Å². The molecule has 0 aliphatic heterocycles. The van der Waals surface area contributed by atoms with Crippen molar-refractivity contribution in [2.75, 3.05) is 5.32 Å². The van der Waals surface area contributed by atoms with Gasteiger partial charge in [0.25, 0.3) is 0 Å². The fourth-order valence-corrected chi connectivity index (χ4v) is 2.52. The van der Waals surface area contributed by atoms with Crippen molar-refractivity contribution in [1.82, 2.24) is 15.0 Å². The fraction of sp³-hybridized carbons (Fsp3) is 0.250. The molecule has 2 heterocycles. The minimum absolute atomic E-state index is 0.145. The van der Waals surface area contributed by atoms with E-state index < -0.39 is 0 Å². The molecule has 2 aromatic heterocycles. The minimum atomic E-state index is 0.145. The van der Waals surface area contributed by atoms with Crippen molar-refractivity contribution in [1.29, 1.82) is 0 Å². The topological polar surface area (TPSA) is 55.9 Å². The predicted octanol–water partition coefficient (Wildman–Crippen LogP) is 3.65. The summed E-state index contributed by atoms with van der Waals surface area (Å²) < 4.78 is 7.36. The molecular weight excluding hydrogens is 264 g/mol. The van der Waals surface area contributed by atoms with Gasteiger partial charge in [0, 0.05) is 5.56 Å². The average molecular weight is 282 g/mol. The number of anilines is 1. The Hall–Kier alpha value is -2.56. The molecule has 0 aliphatic rings. The molecule has 1 aromatic carbocycles. The molecule has 0 amide bonds. The van der Waals surface area contributed by atoms with E-state index in [1.165, 1.54) is 5.56 Å². The molecule has 1 N–H and O–H groups in total. The SMILES string of the molecule is Cc1cc(C(C)Nc2ccccc2-n2ccnn2)c(C)o1. The van der Waals surface area contributed by atoms with Crippen LogP contribution in [0.1, 0.15) is 30.0 Å². The average Bonchev–Trinajstić information content (AvgIpc) is 3.09. The molecule has 0 fully saturated rings. The van der Waals surface area contributed by atoms with E-state index in [1.807, 2.05) is 44.3 Å². The molecule has 1 atom stereocenters. The number of benzene rings is 1. The lowest BCUT2D eigenvalue weighted by Gasteiger charge is -2.17. The zero-order valence-corrected chi connectivity index (χ0v) is 12.4. The fourth-order valence-electron chi connectivity index (χ4n) is 2.52. The number of rotatable bonds is 4. The van der Waals surface area contributed by atoms with Gasteiger partial charge in [-0.05, 0) is 39.0 Å². The van der Waals surface area contributed by atoms with Gasteiger partial charge in [-0.1, -0.05) is 17.3 Å². The summed E-state index contributed by atoms with van der Waals surface area (Å²) in [6, 6.07) is 10.3. The van der Waals surface area contributed by atoms with Crippen molar-refractivity contribution in [3.8, 4) is 5.69 Å². The van der Waals surface area contributed by atoms with Crippen molar-refractivity contribution in [3.05, 3.63) is 59.8 Å². The Morgan fingerprint density at radius 1 is 1.24 bits per heavy atom. The molecular formula is C16H18N4O. The molecule has 3 aromatic rings. The third-order valence-electron chi connectivity index (χ3n) is 3.49. The maximum atomic E-state index is 5.61.